The van der Waals surface area contributed by atoms with E-state index >= 15 is 0 Å². The van der Waals surface area contributed by atoms with Gasteiger partial charge in [0.2, 0.25) is 11.8 Å². The second kappa shape index (κ2) is 8.99. The molecule has 0 saturated carbocycles. The number of carbonyl (C=O) groups is 2. The monoisotopic (exact) mass is 345 g/mol. The number of likely N-dealkylation sites (tertiary alicyclic amines) is 1. The van der Waals surface area contributed by atoms with Crippen LogP contribution in [0.3, 0.4) is 0 Å². The number of hydrogen-bond donors (Lipinski definition) is 2. The van der Waals surface area contributed by atoms with Gasteiger partial charge in [0.25, 0.3) is 0 Å². The van der Waals surface area contributed by atoms with Crippen molar-refractivity contribution >= 4 is 11.8 Å². The first-order chi connectivity index (χ1) is 11.9. The lowest BCUT2D eigenvalue weighted by Gasteiger charge is -2.41. The first kappa shape index (κ1) is 19.4. The number of benzene rings is 1. The third kappa shape index (κ3) is 6.16. The van der Waals surface area contributed by atoms with Crippen LogP contribution >= 0.6 is 0 Å². The van der Waals surface area contributed by atoms with Crippen molar-refractivity contribution in [1.29, 1.82) is 0 Å². The maximum Gasteiger partial charge on any atom is 0.222 e. The Morgan fingerprint density at radius 2 is 1.76 bits per heavy atom. The molecule has 2 rings (SSSR count). The molecule has 138 valence electrons. The van der Waals surface area contributed by atoms with Crippen LogP contribution < -0.4 is 10.6 Å². The average molecular weight is 345 g/mol. The van der Waals surface area contributed by atoms with Crippen LogP contribution in [0.1, 0.15) is 58.1 Å². The zero-order chi connectivity index (χ0) is 18.3. The van der Waals surface area contributed by atoms with Crippen LogP contribution in [0.25, 0.3) is 0 Å². The normalized spacial score (nSPS) is 16.9. The maximum absolute atomic E-state index is 12.5. The van der Waals surface area contributed by atoms with E-state index in [-0.39, 0.29) is 29.8 Å². The molecular weight excluding hydrogens is 314 g/mol. The Morgan fingerprint density at radius 3 is 2.36 bits per heavy atom. The Balaban J connectivity index is 1.91. The van der Waals surface area contributed by atoms with Crippen molar-refractivity contribution in [2.24, 2.45) is 0 Å². The predicted molar refractivity (Wildman–Crippen MR) is 100 cm³/mol. The van der Waals surface area contributed by atoms with Gasteiger partial charge in [-0.3, -0.25) is 14.5 Å². The van der Waals surface area contributed by atoms with E-state index in [4.69, 9.17) is 0 Å². The molecule has 1 aromatic carbocycles. The van der Waals surface area contributed by atoms with E-state index in [1.165, 1.54) is 26.2 Å². The van der Waals surface area contributed by atoms with Crippen molar-refractivity contribution in [2.75, 3.05) is 19.6 Å². The summed E-state index contributed by atoms with van der Waals surface area (Å²) in [6.07, 6.45) is 4.01. The maximum atomic E-state index is 12.5. The quantitative estimate of drug-likeness (QED) is 0.799. The number of hydrogen-bond acceptors (Lipinski definition) is 3. The van der Waals surface area contributed by atoms with Crippen LogP contribution in [-0.4, -0.2) is 41.9 Å². The lowest BCUT2D eigenvalue weighted by Crippen LogP contribution is -2.53. The van der Waals surface area contributed by atoms with Crippen LogP contribution in [0.2, 0.25) is 0 Å². The van der Waals surface area contributed by atoms with Gasteiger partial charge in [0.15, 0.2) is 0 Å². The summed E-state index contributed by atoms with van der Waals surface area (Å²) < 4.78 is 0. The van der Waals surface area contributed by atoms with E-state index in [2.05, 4.69) is 29.4 Å². The topological polar surface area (TPSA) is 61.4 Å². The first-order valence-electron chi connectivity index (χ1n) is 9.22. The van der Waals surface area contributed by atoms with Gasteiger partial charge in [-0.2, -0.15) is 0 Å². The molecule has 0 aromatic heterocycles. The Labute approximate surface area is 151 Å². The smallest absolute Gasteiger partial charge is 0.222 e. The van der Waals surface area contributed by atoms with Crippen molar-refractivity contribution in [3.05, 3.63) is 35.9 Å². The highest BCUT2D eigenvalue weighted by Gasteiger charge is 2.28. The SMILES string of the molecule is CC(=O)NC(CC(=O)NCC(C)(C)N1CCCCC1)c1ccccc1. The van der Waals surface area contributed by atoms with Crippen molar-refractivity contribution in [2.45, 2.75) is 58.0 Å². The van der Waals surface area contributed by atoms with Gasteiger partial charge in [-0.15, -0.1) is 0 Å². The summed E-state index contributed by atoms with van der Waals surface area (Å²) in [6.45, 7) is 8.66. The number of nitrogens with one attached hydrogen (secondary N) is 2. The lowest BCUT2D eigenvalue weighted by molar-refractivity contribution is -0.123. The third-order valence-corrected chi connectivity index (χ3v) is 4.90. The molecule has 1 heterocycles. The molecule has 0 spiro atoms. The summed E-state index contributed by atoms with van der Waals surface area (Å²) in [6, 6.07) is 9.34. The van der Waals surface area contributed by atoms with E-state index < -0.39 is 0 Å². The Kier molecular flexibility index (Phi) is 7.00. The average Bonchev–Trinajstić information content (AvgIpc) is 2.61. The molecule has 5 heteroatoms. The van der Waals surface area contributed by atoms with E-state index in [0.717, 1.165) is 18.7 Å². The Bertz CT molecular complexity index is 566. The highest BCUT2D eigenvalue weighted by molar-refractivity contribution is 5.79. The van der Waals surface area contributed by atoms with Crippen LogP contribution in [0.15, 0.2) is 30.3 Å². The summed E-state index contributed by atoms with van der Waals surface area (Å²) in [4.78, 5) is 26.4. The van der Waals surface area contributed by atoms with Gasteiger partial charge in [-0.05, 0) is 45.3 Å². The van der Waals surface area contributed by atoms with Crippen LogP contribution in [0.4, 0.5) is 0 Å². The van der Waals surface area contributed by atoms with Crippen molar-refractivity contribution < 1.29 is 9.59 Å². The fourth-order valence-electron chi connectivity index (χ4n) is 3.37. The fraction of sp³-hybridized carbons (Fsp3) is 0.600. The molecule has 2 N–H and O–H groups in total. The number of piperidine rings is 1. The van der Waals surface area contributed by atoms with Gasteiger partial charge in [0, 0.05) is 19.0 Å². The molecule has 1 aromatic rings. The molecule has 0 radical (unpaired) electrons. The Morgan fingerprint density at radius 1 is 1.12 bits per heavy atom. The van der Waals surface area contributed by atoms with E-state index in [1.54, 1.807) is 0 Å². The summed E-state index contributed by atoms with van der Waals surface area (Å²) in [5, 5.41) is 5.94. The minimum absolute atomic E-state index is 0.0345. The Hall–Kier alpha value is -1.88. The lowest BCUT2D eigenvalue weighted by atomic mass is 9.98. The van der Waals surface area contributed by atoms with Crippen molar-refractivity contribution in [3.63, 3.8) is 0 Å². The molecule has 5 nitrogen and oxygen atoms in total. The first-order valence-corrected chi connectivity index (χ1v) is 9.22. The molecular formula is C20H31N3O2. The summed E-state index contributed by atoms with van der Waals surface area (Å²) in [5.41, 5.74) is 0.898. The minimum Gasteiger partial charge on any atom is -0.354 e. The van der Waals surface area contributed by atoms with E-state index in [1.807, 2.05) is 30.3 Å². The largest absolute Gasteiger partial charge is 0.354 e. The molecule has 1 aliphatic rings. The third-order valence-electron chi connectivity index (χ3n) is 4.90. The molecule has 2 amide bonds. The van der Waals surface area contributed by atoms with Gasteiger partial charge in [-0.25, -0.2) is 0 Å². The summed E-state index contributed by atoms with van der Waals surface area (Å²) in [7, 11) is 0. The minimum atomic E-state index is -0.295. The second-order valence-electron chi connectivity index (χ2n) is 7.50. The predicted octanol–water partition coefficient (Wildman–Crippen LogP) is 2.63. The highest BCUT2D eigenvalue weighted by atomic mass is 16.2. The van der Waals surface area contributed by atoms with E-state index in [0.29, 0.717) is 6.54 Å². The van der Waals surface area contributed by atoms with Gasteiger partial charge < -0.3 is 10.6 Å². The fourth-order valence-corrected chi connectivity index (χ4v) is 3.37. The standard InChI is InChI=1S/C20H31N3O2/c1-16(24)22-18(17-10-6-4-7-11-17)14-19(25)21-15-20(2,3)23-12-8-5-9-13-23/h4,6-7,10-11,18H,5,8-9,12-15H2,1-3H3,(H,21,25)(H,22,24). The van der Waals surface area contributed by atoms with Crippen LogP contribution in [-0.2, 0) is 9.59 Å². The second-order valence-corrected chi connectivity index (χ2v) is 7.50. The van der Waals surface area contributed by atoms with Crippen molar-refractivity contribution in [1.82, 2.24) is 15.5 Å². The molecule has 1 unspecified atom stereocenters. The summed E-state index contributed by atoms with van der Waals surface area (Å²) in [5.74, 6) is -0.164. The number of rotatable bonds is 7. The van der Waals surface area contributed by atoms with E-state index in [9.17, 15) is 9.59 Å². The zero-order valence-electron chi connectivity index (χ0n) is 15.7. The van der Waals surface area contributed by atoms with Crippen LogP contribution in [0.5, 0.6) is 0 Å². The van der Waals surface area contributed by atoms with Crippen LogP contribution in [0, 0.1) is 0 Å². The number of carbonyl (C=O) groups excluding carboxylic acids is 2. The van der Waals surface area contributed by atoms with Gasteiger partial charge in [0.1, 0.15) is 0 Å². The van der Waals surface area contributed by atoms with Gasteiger partial charge in [-0.1, -0.05) is 36.8 Å². The molecule has 0 bridgehead atoms. The molecule has 1 saturated heterocycles. The highest BCUT2D eigenvalue weighted by Crippen LogP contribution is 2.20. The zero-order valence-corrected chi connectivity index (χ0v) is 15.7. The van der Waals surface area contributed by atoms with Crippen molar-refractivity contribution in [3.8, 4) is 0 Å². The number of amides is 2. The number of nitrogens with zero attached hydrogens (tertiary/aromatic N) is 1. The summed E-state index contributed by atoms with van der Waals surface area (Å²) >= 11 is 0. The molecule has 1 atom stereocenters. The molecule has 1 fully saturated rings. The molecule has 0 aliphatic carbocycles. The molecule has 25 heavy (non-hydrogen) atoms. The molecule has 1 aliphatic heterocycles. The van der Waals surface area contributed by atoms with Gasteiger partial charge >= 0.3 is 0 Å². The van der Waals surface area contributed by atoms with Gasteiger partial charge in [0.05, 0.1) is 12.5 Å².